The molecule has 1 fully saturated rings. The monoisotopic (exact) mass is 241 g/mol. The molecule has 0 atom stereocenters. The van der Waals surface area contributed by atoms with Gasteiger partial charge in [-0.25, -0.2) is 0 Å². The molecular formula is C15H31NO. The maximum atomic E-state index is 6.13. The van der Waals surface area contributed by atoms with Gasteiger partial charge in [-0.3, -0.25) is 0 Å². The smallest absolute Gasteiger partial charge is 0.0694 e. The zero-order valence-electron chi connectivity index (χ0n) is 11.9. The normalized spacial score (nSPS) is 18.0. The van der Waals surface area contributed by atoms with Crippen molar-refractivity contribution in [2.75, 3.05) is 20.2 Å². The second-order valence-electron chi connectivity index (χ2n) is 5.51. The molecule has 1 saturated carbocycles. The van der Waals surface area contributed by atoms with Crippen molar-refractivity contribution in [3.8, 4) is 0 Å². The molecule has 0 bridgehead atoms. The molecule has 0 aliphatic heterocycles. The van der Waals surface area contributed by atoms with Gasteiger partial charge in [0.2, 0.25) is 0 Å². The van der Waals surface area contributed by atoms with Crippen LogP contribution in [-0.2, 0) is 4.74 Å². The van der Waals surface area contributed by atoms with E-state index in [1.807, 2.05) is 7.05 Å². The second kappa shape index (κ2) is 8.93. The van der Waals surface area contributed by atoms with E-state index in [0.29, 0.717) is 0 Å². The lowest BCUT2D eigenvalue weighted by molar-refractivity contribution is -0.105. The van der Waals surface area contributed by atoms with Gasteiger partial charge in [0, 0.05) is 6.61 Å². The molecule has 2 heteroatoms. The van der Waals surface area contributed by atoms with Gasteiger partial charge < -0.3 is 10.1 Å². The van der Waals surface area contributed by atoms with Gasteiger partial charge in [-0.15, -0.1) is 0 Å². The van der Waals surface area contributed by atoms with E-state index in [1.165, 1.54) is 64.2 Å². The number of hydrogen-bond acceptors (Lipinski definition) is 2. The Kier molecular flexibility index (Phi) is 7.87. The molecule has 0 aromatic carbocycles. The summed E-state index contributed by atoms with van der Waals surface area (Å²) in [5.74, 6) is 0. The van der Waals surface area contributed by atoms with Crippen LogP contribution in [0.4, 0.5) is 0 Å². The molecule has 0 heterocycles. The molecule has 0 aromatic rings. The third-order valence-electron chi connectivity index (χ3n) is 4.00. The van der Waals surface area contributed by atoms with Gasteiger partial charge in [0.25, 0.3) is 0 Å². The topological polar surface area (TPSA) is 21.3 Å². The number of ether oxygens (including phenoxy) is 1. The molecule has 0 saturated heterocycles. The molecule has 0 spiro atoms. The summed E-state index contributed by atoms with van der Waals surface area (Å²) in [6, 6.07) is 0. The van der Waals surface area contributed by atoms with Crippen LogP contribution < -0.4 is 5.32 Å². The lowest BCUT2D eigenvalue weighted by atomic mass is 9.77. The van der Waals surface area contributed by atoms with E-state index in [2.05, 4.69) is 12.2 Å². The first-order valence-electron chi connectivity index (χ1n) is 7.61. The zero-order chi connectivity index (χ0) is 12.4. The molecule has 1 rings (SSSR count). The van der Waals surface area contributed by atoms with Crippen molar-refractivity contribution in [3.63, 3.8) is 0 Å². The fourth-order valence-corrected chi connectivity index (χ4v) is 2.56. The van der Waals surface area contributed by atoms with E-state index in [1.54, 1.807) is 0 Å². The van der Waals surface area contributed by atoms with Crippen LogP contribution in [0, 0.1) is 0 Å². The molecule has 0 unspecified atom stereocenters. The Morgan fingerprint density at radius 3 is 2.35 bits per heavy atom. The average molecular weight is 241 g/mol. The first-order valence-corrected chi connectivity index (χ1v) is 7.61. The van der Waals surface area contributed by atoms with Crippen molar-refractivity contribution < 1.29 is 4.74 Å². The van der Waals surface area contributed by atoms with E-state index >= 15 is 0 Å². The number of rotatable bonds is 11. The fourth-order valence-electron chi connectivity index (χ4n) is 2.56. The zero-order valence-corrected chi connectivity index (χ0v) is 11.9. The highest BCUT2D eigenvalue weighted by molar-refractivity contribution is 4.90. The highest BCUT2D eigenvalue weighted by atomic mass is 16.5. The van der Waals surface area contributed by atoms with Gasteiger partial charge in [0.1, 0.15) is 0 Å². The van der Waals surface area contributed by atoms with Gasteiger partial charge in [-0.05, 0) is 45.7 Å². The highest BCUT2D eigenvalue weighted by Crippen LogP contribution is 2.38. The molecule has 2 nitrogen and oxygen atoms in total. The van der Waals surface area contributed by atoms with Crippen LogP contribution in [0.3, 0.4) is 0 Å². The molecule has 1 N–H and O–H groups in total. The minimum absolute atomic E-state index is 0.256. The van der Waals surface area contributed by atoms with Crippen LogP contribution in [0.15, 0.2) is 0 Å². The summed E-state index contributed by atoms with van der Waals surface area (Å²) in [6.07, 6.45) is 13.3. The Hall–Kier alpha value is -0.0800. The summed E-state index contributed by atoms with van der Waals surface area (Å²) < 4.78 is 6.13. The van der Waals surface area contributed by atoms with E-state index in [9.17, 15) is 0 Å². The minimum atomic E-state index is 0.256. The van der Waals surface area contributed by atoms with Gasteiger partial charge >= 0.3 is 0 Å². The van der Waals surface area contributed by atoms with E-state index in [-0.39, 0.29) is 5.60 Å². The molecule has 17 heavy (non-hydrogen) atoms. The van der Waals surface area contributed by atoms with Crippen molar-refractivity contribution in [2.45, 2.75) is 76.7 Å². The van der Waals surface area contributed by atoms with Crippen LogP contribution >= 0.6 is 0 Å². The summed E-state index contributed by atoms with van der Waals surface area (Å²) in [7, 11) is 2.03. The third kappa shape index (κ3) is 5.87. The summed E-state index contributed by atoms with van der Waals surface area (Å²) in [4.78, 5) is 0. The molecular weight excluding hydrogens is 210 g/mol. The first-order chi connectivity index (χ1) is 8.33. The lowest BCUT2D eigenvalue weighted by Crippen LogP contribution is -2.42. The maximum absolute atomic E-state index is 6.13. The van der Waals surface area contributed by atoms with Crippen LogP contribution in [0.5, 0.6) is 0 Å². The largest absolute Gasteiger partial charge is 0.375 e. The highest BCUT2D eigenvalue weighted by Gasteiger charge is 2.36. The summed E-state index contributed by atoms with van der Waals surface area (Å²) in [5, 5.41) is 3.24. The van der Waals surface area contributed by atoms with Gasteiger partial charge in [0.15, 0.2) is 0 Å². The van der Waals surface area contributed by atoms with Crippen LogP contribution in [-0.4, -0.2) is 25.8 Å². The SMILES string of the molecule is CCCCCCCCOC1(CCNC)CCC1. The van der Waals surface area contributed by atoms with Gasteiger partial charge in [-0.1, -0.05) is 39.0 Å². The van der Waals surface area contributed by atoms with Crippen molar-refractivity contribution in [2.24, 2.45) is 0 Å². The van der Waals surface area contributed by atoms with Gasteiger partial charge in [-0.2, -0.15) is 0 Å². The third-order valence-corrected chi connectivity index (χ3v) is 4.00. The number of hydrogen-bond donors (Lipinski definition) is 1. The van der Waals surface area contributed by atoms with E-state index in [4.69, 9.17) is 4.74 Å². The standard InChI is InChI=1S/C15H31NO/c1-3-4-5-6-7-8-14-17-15(10-9-11-15)12-13-16-2/h16H,3-14H2,1-2H3. The quantitative estimate of drug-likeness (QED) is 0.554. The molecule has 102 valence electrons. The van der Waals surface area contributed by atoms with Crippen molar-refractivity contribution >= 4 is 0 Å². The molecule has 0 amide bonds. The molecule has 1 aliphatic carbocycles. The predicted molar refractivity (Wildman–Crippen MR) is 74.5 cm³/mol. The first kappa shape index (κ1) is 15.0. The Morgan fingerprint density at radius 2 is 1.76 bits per heavy atom. The fraction of sp³-hybridized carbons (Fsp3) is 1.00. The van der Waals surface area contributed by atoms with Crippen LogP contribution in [0.2, 0.25) is 0 Å². The second-order valence-corrected chi connectivity index (χ2v) is 5.51. The van der Waals surface area contributed by atoms with Crippen molar-refractivity contribution in [3.05, 3.63) is 0 Å². The Balaban J connectivity index is 1.96. The van der Waals surface area contributed by atoms with E-state index in [0.717, 1.165) is 13.2 Å². The summed E-state index contributed by atoms with van der Waals surface area (Å²) in [6.45, 7) is 4.34. The molecule has 1 aliphatic rings. The van der Waals surface area contributed by atoms with Crippen molar-refractivity contribution in [1.29, 1.82) is 0 Å². The lowest BCUT2D eigenvalue weighted by Gasteiger charge is -2.42. The summed E-state index contributed by atoms with van der Waals surface area (Å²) in [5.41, 5.74) is 0.256. The molecule has 0 aromatic heterocycles. The Bertz CT molecular complexity index is 178. The van der Waals surface area contributed by atoms with Crippen molar-refractivity contribution in [1.82, 2.24) is 5.32 Å². The minimum Gasteiger partial charge on any atom is -0.375 e. The Morgan fingerprint density at radius 1 is 1.06 bits per heavy atom. The average Bonchev–Trinajstić information content (AvgIpc) is 2.30. The number of unbranched alkanes of at least 4 members (excludes halogenated alkanes) is 5. The maximum Gasteiger partial charge on any atom is 0.0694 e. The number of nitrogens with one attached hydrogen (secondary N) is 1. The summed E-state index contributed by atoms with van der Waals surface area (Å²) >= 11 is 0. The van der Waals surface area contributed by atoms with Crippen LogP contribution in [0.25, 0.3) is 0 Å². The predicted octanol–water partition coefficient (Wildman–Crippen LogP) is 3.90. The van der Waals surface area contributed by atoms with Gasteiger partial charge in [0.05, 0.1) is 5.60 Å². The van der Waals surface area contributed by atoms with Crippen LogP contribution in [0.1, 0.15) is 71.1 Å². The van der Waals surface area contributed by atoms with E-state index < -0.39 is 0 Å². The molecule has 0 radical (unpaired) electrons. The Labute approximate surface area is 108 Å².